The fourth-order valence-electron chi connectivity index (χ4n) is 2.11. The minimum absolute atomic E-state index is 0.0205. The monoisotopic (exact) mass is 276 g/mol. The molecule has 2 rings (SSSR count). The Balaban J connectivity index is 1.84. The molecule has 3 unspecified atom stereocenters. The Hall–Kier alpha value is -0.170. The molecule has 3 atom stereocenters. The third-order valence-corrected chi connectivity index (χ3v) is 5.61. The zero-order valence-corrected chi connectivity index (χ0v) is 12.0. The van der Waals surface area contributed by atoms with Gasteiger partial charge in [0.15, 0.2) is 0 Å². The maximum absolute atomic E-state index is 12.2. The molecule has 0 spiro atoms. The van der Waals surface area contributed by atoms with Crippen molar-refractivity contribution in [3.05, 3.63) is 0 Å². The van der Waals surface area contributed by atoms with E-state index in [1.165, 1.54) is 12.8 Å². The van der Waals surface area contributed by atoms with Crippen molar-refractivity contribution in [1.29, 1.82) is 0 Å². The SMILES string of the molecule is CC1COCCC1NS(=O)(=O)C(C)CNC1CC1. The first kappa shape index (κ1) is 14.2. The molecule has 2 fully saturated rings. The first-order valence-corrected chi connectivity index (χ1v) is 8.36. The minimum Gasteiger partial charge on any atom is -0.381 e. The number of hydrogen-bond donors (Lipinski definition) is 2. The molecule has 2 aliphatic rings. The number of ether oxygens (including phenoxy) is 1. The van der Waals surface area contributed by atoms with Crippen LogP contribution in [0.5, 0.6) is 0 Å². The maximum Gasteiger partial charge on any atom is 0.215 e. The van der Waals surface area contributed by atoms with E-state index < -0.39 is 10.0 Å². The van der Waals surface area contributed by atoms with Gasteiger partial charge in [0.1, 0.15) is 0 Å². The van der Waals surface area contributed by atoms with E-state index in [1.54, 1.807) is 6.92 Å². The van der Waals surface area contributed by atoms with Gasteiger partial charge in [0, 0.05) is 25.2 Å². The lowest BCUT2D eigenvalue weighted by Crippen LogP contribution is -2.48. The van der Waals surface area contributed by atoms with Crippen molar-refractivity contribution in [2.45, 2.75) is 50.4 Å². The van der Waals surface area contributed by atoms with Crippen LogP contribution in [0, 0.1) is 5.92 Å². The number of rotatable bonds is 6. The molecule has 5 nitrogen and oxygen atoms in total. The predicted octanol–water partition coefficient (Wildman–Crippen LogP) is 0.471. The van der Waals surface area contributed by atoms with Gasteiger partial charge in [0.25, 0.3) is 0 Å². The van der Waals surface area contributed by atoms with Crippen molar-refractivity contribution in [3.8, 4) is 0 Å². The fourth-order valence-corrected chi connectivity index (χ4v) is 3.43. The smallest absolute Gasteiger partial charge is 0.215 e. The van der Waals surface area contributed by atoms with Gasteiger partial charge in [-0.05, 0) is 32.1 Å². The molecule has 0 aromatic heterocycles. The predicted molar refractivity (Wildman–Crippen MR) is 70.9 cm³/mol. The van der Waals surface area contributed by atoms with Crippen LogP contribution in [0.4, 0.5) is 0 Å². The highest BCUT2D eigenvalue weighted by molar-refractivity contribution is 7.90. The molecule has 0 aromatic carbocycles. The van der Waals surface area contributed by atoms with E-state index in [0.29, 0.717) is 25.8 Å². The van der Waals surface area contributed by atoms with Crippen molar-refractivity contribution in [2.24, 2.45) is 5.92 Å². The van der Waals surface area contributed by atoms with Gasteiger partial charge in [0.05, 0.1) is 11.9 Å². The first-order chi connectivity index (χ1) is 8.49. The van der Waals surface area contributed by atoms with Crippen molar-refractivity contribution in [1.82, 2.24) is 10.0 Å². The Kier molecular flexibility index (Phi) is 4.64. The molecule has 1 heterocycles. The fraction of sp³-hybridized carbons (Fsp3) is 1.00. The van der Waals surface area contributed by atoms with Crippen LogP contribution >= 0.6 is 0 Å². The number of hydrogen-bond acceptors (Lipinski definition) is 4. The zero-order chi connectivity index (χ0) is 13.2. The summed E-state index contributed by atoms with van der Waals surface area (Å²) in [6, 6.07) is 0.566. The van der Waals surface area contributed by atoms with Gasteiger partial charge in [0.2, 0.25) is 10.0 Å². The summed E-state index contributed by atoms with van der Waals surface area (Å²) in [6.07, 6.45) is 3.12. The van der Waals surface area contributed by atoms with Crippen LogP contribution < -0.4 is 10.0 Å². The van der Waals surface area contributed by atoms with Crippen LogP contribution in [-0.4, -0.2) is 45.5 Å². The first-order valence-electron chi connectivity index (χ1n) is 6.81. The minimum atomic E-state index is -3.23. The Morgan fingerprint density at radius 3 is 2.67 bits per heavy atom. The molecule has 0 aromatic rings. The highest BCUT2D eigenvalue weighted by Gasteiger charge is 2.30. The van der Waals surface area contributed by atoms with Crippen molar-refractivity contribution in [2.75, 3.05) is 19.8 Å². The third-order valence-electron chi connectivity index (χ3n) is 3.76. The molecule has 0 radical (unpaired) electrons. The van der Waals surface area contributed by atoms with Crippen LogP contribution in [0.3, 0.4) is 0 Å². The van der Waals surface area contributed by atoms with E-state index in [9.17, 15) is 8.42 Å². The molecular weight excluding hydrogens is 252 g/mol. The van der Waals surface area contributed by atoms with E-state index in [1.807, 2.05) is 6.92 Å². The lowest BCUT2D eigenvalue weighted by atomic mass is 9.99. The van der Waals surface area contributed by atoms with E-state index in [4.69, 9.17) is 4.74 Å². The molecule has 1 saturated heterocycles. The summed E-state index contributed by atoms with van der Waals surface area (Å²) in [6.45, 7) is 5.62. The normalized spacial score (nSPS) is 31.2. The lowest BCUT2D eigenvalue weighted by molar-refractivity contribution is 0.0450. The van der Waals surface area contributed by atoms with Crippen LogP contribution in [-0.2, 0) is 14.8 Å². The molecule has 0 bridgehead atoms. The second-order valence-corrected chi connectivity index (χ2v) is 7.73. The highest BCUT2D eigenvalue weighted by atomic mass is 32.2. The average Bonchev–Trinajstić information content (AvgIpc) is 3.12. The van der Waals surface area contributed by atoms with Crippen molar-refractivity contribution in [3.63, 3.8) is 0 Å². The van der Waals surface area contributed by atoms with Crippen LogP contribution in [0.2, 0.25) is 0 Å². The molecule has 0 amide bonds. The topological polar surface area (TPSA) is 67.4 Å². The molecule has 2 N–H and O–H groups in total. The van der Waals surface area contributed by atoms with E-state index >= 15 is 0 Å². The second kappa shape index (κ2) is 5.86. The molecule has 1 saturated carbocycles. The summed E-state index contributed by atoms with van der Waals surface area (Å²) in [5.74, 6) is 0.247. The van der Waals surface area contributed by atoms with E-state index in [2.05, 4.69) is 10.0 Å². The summed E-state index contributed by atoms with van der Waals surface area (Å²) in [7, 11) is -3.23. The van der Waals surface area contributed by atoms with Crippen molar-refractivity contribution >= 4 is 10.0 Å². The molecule has 1 aliphatic carbocycles. The highest BCUT2D eigenvalue weighted by Crippen LogP contribution is 2.19. The summed E-state index contributed by atoms with van der Waals surface area (Å²) in [5, 5.41) is 2.89. The molecular formula is C12H24N2O3S. The molecule has 1 aliphatic heterocycles. The van der Waals surface area contributed by atoms with E-state index in [-0.39, 0.29) is 17.2 Å². The van der Waals surface area contributed by atoms with Crippen LogP contribution in [0.25, 0.3) is 0 Å². The van der Waals surface area contributed by atoms with Crippen molar-refractivity contribution < 1.29 is 13.2 Å². The average molecular weight is 276 g/mol. The van der Waals surface area contributed by atoms with Gasteiger partial charge in [-0.3, -0.25) is 0 Å². The van der Waals surface area contributed by atoms with E-state index in [0.717, 1.165) is 6.42 Å². The summed E-state index contributed by atoms with van der Waals surface area (Å²) in [4.78, 5) is 0. The zero-order valence-electron chi connectivity index (χ0n) is 11.2. The number of sulfonamides is 1. The third kappa shape index (κ3) is 3.91. The van der Waals surface area contributed by atoms with Crippen LogP contribution in [0.1, 0.15) is 33.1 Å². The lowest BCUT2D eigenvalue weighted by Gasteiger charge is -2.30. The summed E-state index contributed by atoms with van der Waals surface area (Å²) in [5.41, 5.74) is 0. The van der Waals surface area contributed by atoms with Crippen LogP contribution in [0.15, 0.2) is 0 Å². The number of nitrogens with one attached hydrogen (secondary N) is 2. The Labute approximate surface area is 110 Å². The largest absolute Gasteiger partial charge is 0.381 e. The van der Waals surface area contributed by atoms with Gasteiger partial charge < -0.3 is 10.1 Å². The molecule has 6 heteroatoms. The van der Waals surface area contributed by atoms with Gasteiger partial charge in [-0.2, -0.15) is 0 Å². The summed E-state index contributed by atoms with van der Waals surface area (Å²) < 4.78 is 32.5. The van der Waals surface area contributed by atoms with Gasteiger partial charge >= 0.3 is 0 Å². The maximum atomic E-state index is 12.2. The quantitative estimate of drug-likeness (QED) is 0.740. The van der Waals surface area contributed by atoms with Gasteiger partial charge in [-0.25, -0.2) is 13.1 Å². The Morgan fingerprint density at radius 1 is 1.33 bits per heavy atom. The standard InChI is InChI=1S/C12H24N2O3S/c1-9-8-17-6-5-12(9)14-18(15,16)10(2)7-13-11-3-4-11/h9-14H,3-8H2,1-2H3. The Bertz CT molecular complexity index is 368. The molecule has 18 heavy (non-hydrogen) atoms. The molecule has 106 valence electrons. The van der Waals surface area contributed by atoms with Gasteiger partial charge in [-0.1, -0.05) is 6.92 Å². The van der Waals surface area contributed by atoms with Gasteiger partial charge in [-0.15, -0.1) is 0 Å². The summed E-state index contributed by atoms with van der Waals surface area (Å²) >= 11 is 0. The Morgan fingerprint density at radius 2 is 2.06 bits per heavy atom. The second-order valence-electron chi connectivity index (χ2n) is 5.60.